The summed E-state index contributed by atoms with van der Waals surface area (Å²) in [6.07, 6.45) is 1.64. The highest BCUT2D eigenvalue weighted by molar-refractivity contribution is 8.26. The van der Waals surface area contributed by atoms with Crippen LogP contribution in [0.15, 0.2) is 39.7 Å². The molecule has 2 heterocycles. The first-order valence-electron chi connectivity index (χ1n) is 7.51. The molecule has 0 N–H and O–H groups in total. The minimum atomic E-state index is -0.418. The van der Waals surface area contributed by atoms with Crippen LogP contribution in [0.5, 0.6) is 0 Å². The molecule has 6 nitrogen and oxygen atoms in total. The SMILES string of the molecule is CCN1C(=O)C(=Cc2ccc(-c3ccc(C)c([N+](=O)[O-])c3)o2)SC1=S. The summed E-state index contributed by atoms with van der Waals surface area (Å²) in [4.78, 5) is 24.9. The largest absolute Gasteiger partial charge is 0.457 e. The lowest BCUT2D eigenvalue weighted by Gasteiger charge is -2.09. The number of nitrogens with zero attached hydrogens (tertiary/aromatic N) is 2. The normalized spacial score (nSPS) is 16.1. The number of furan rings is 1. The first kappa shape index (κ1) is 17.4. The van der Waals surface area contributed by atoms with Crippen LogP contribution < -0.4 is 0 Å². The standard InChI is InChI=1S/C17H14N2O4S2/c1-3-18-16(20)15(25-17(18)24)9-12-6-7-14(23-12)11-5-4-10(2)13(8-11)19(21)22/h4-9H,3H2,1-2H3. The Morgan fingerprint density at radius 2 is 2.12 bits per heavy atom. The number of benzene rings is 1. The number of amides is 1. The topological polar surface area (TPSA) is 76.6 Å². The van der Waals surface area contributed by atoms with E-state index in [1.54, 1.807) is 37.3 Å². The zero-order valence-corrected chi connectivity index (χ0v) is 15.1. The van der Waals surface area contributed by atoms with E-state index in [1.807, 2.05) is 6.92 Å². The van der Waals surface area contributed by atoms with Crippen LogP contribution in [-0.2, 0) is 4.79 Å². The highest BCUT2D eigenvalue weighted by Crippen LogP contribution is 2.34. The molecule has 1 saturated heterocycles. The zero-order chi connectivity index (χ0) is 18.1. The fourth-order valence-corrected chi connectivity index (χ4v) is 3.81. The molecule has 0 atom stereocenters. The second-order valence-corrected chi connectivity index (χ2v) is 7.06. The van der Waals surface area contributed by atoms with Crippen LogP contribution in [0.1, 0.15) is 18.2 Å². The van der Waals surface area contributed by atoms with Crippen molar-refractivity contribution < 1.29 is 14.1 Å². The summed E-state index contributed by atoms with van der Waals surface area (Å²) in [6.45, 7) is 4.08. The number of hydrogen-bond donors (Lipinski definition) is 0. The maximum absolute atomic E-state index is 12.2. The third kappa shape index (κ3) is 3.35. The van der Waals surface area contributed by atoms with Crippen molar-refractivity contribution in [1.82, 2.24) is 4.90 Å². The second kappa shape index (κ2) is 6.81. The van der Waals surface area contributed by atoms with Crippen molar-refractivity contribution in [3.8, 4) is 11.3 Å². The van der Waals surface area contributed by atoms with Crippen molar-refractivity contribution in [3.63, 3.8) is 0 Å². The summed E-state index contributed by atoms with van der Waals surface area (Å²) in [5.41, 5.74) is 1.24. The Morgan fingerprint density at radius 1 is 1.36 bits per heavy atom. The van der Waals surface area contributed by atoms with Gasteiger partial charge in [-0.2, -0.15) is 0 Å². The molecule has 1 aromatic heterocycles. The molecular formula is C17H14N2O4S2. The summed E-state index contributed by atoms with van der Waals surface area (Å²) in [5, 5.41) is 11.1. The lowest BCUT2D eigenvalue weighted by Crippen LogP contribution is -2.27. The van der Waals surface area contributed by atoms with Crippen LogP contribution >= 0.6 is 24.0 Å². The van der Waals surface area contributed by atoms with Crippen molar-refractivity contribution in [1.29, 1.82) is 0 Å². The van der Waals surface area contributed by atoms with Gasteiger partial charge >= 0.3 is 0 Å². The summed E-state index contributed by atoms with van der Waals surface area (Å²) in [5.74, 6) is 0.858. The Hall–Kier alpha value is -2.45. The zero-order valence-electron chi connectivity index (χ0n) is 13.5. The van der Waals surface area contributed by atoms with Crippen LogP contribution in [0.4, 0.5) is 5.69 Å². The molecular weight excluding hydrogens is 360 g/mol. The Labute approximate surface area is 153 Å². The van der Waals surface area contributed by atoms with Crippen molar-refractivity contribution in [2.45, 2.75) is 13.8 Å². The van der Waals surface area contributed by atoms with E-state index in [1.165, 1.54) is 22.7 Å². The average molecular weight is 374 g/mol. The molecule has 0 spiro atoms. The van der Waals surface area contributed by atoms with E-state index < -0.39 is 4.92 Å². The Bertz CT molecular complexity index is 917. The van der Waals surface area contributed by atoms with Crippen LogP contribution in [0.3, 0.4) is 0 Å². The first-order chi connectivity index (χ1) is 11.9. The maximum Gasteiger partial charge on any atom is 0.273 e. The van der Waals surface area contributed by atoms with Crippen molar-refractivity contribution in [3.05, 3.63) is 56.7 Å². The third-order valence-corrected chi connectivity index (χ3v) is 5.16. The molecule has 25 heavy (non-hydrogen) atoms. The minimum Gasteiger partial charge on any atom is -0.457 e. The number of carbonyl (C=O) groups excluding carboxylic acids is 1. The van der Waals surface area contributed by atoms with Gasteiger partial charge in [0, 0.05) is 29.8 Å². The van der Waals surface area contributed by atoms with Gasteiger partial charge in [-0.05, 0) is 26.0 Å². The summed E-state index contributed by atoms with van der Waals surface area (Å²) >= 11 is 6.41. The number of hydrogen-bond acceptors (Lipinski definition) is 6. The molecule has 1 aliphatic rings. The average Bonchev–Trinajstić information content (AvgIpc) is 3.13. The molecule has 1 aromatic carbocycles. The molecule has 0 bridgehead atoms. The van der Waals surface area contributed by atoms with Crippen LogP contribution in [0, 0.1) is 17.0 Å². The van der Waals surface area contributed by atoms with Gasteiger partial charge in [0.1, 0.15) is 15.8 Å². The number of thiocarbonyl (C=S) groups is 1. The minimum absolute atomic E-state index is 0.0410. The number of rotatable bonds is 4. The smallest absolute Gasteiger partial charge is 0.273 e. The predicted octanol–water partition coefficient (Wildman–Crippen LogP) is 4.38. The lowest BCUT2D eigenvalue weighted by atomic mass is 10.1. The maximum atomic E-state index is 12.2. The van der Waals surface area contributed by atoms with Gasteiger partial charge in [0.25, 0.3) is 11.6 Å². The van der Waals surface area contributed by atoms with Gasteiger partial charge in [-0.25, -0.2) is 0 Å². The van der Waals surface area contributed by atoms with E-state index in [2.05, 4.69) is 0 Å². The van der Waals surface area contributed by atoms with Gasteiger partial charge in [0.15, 0.2) is 0 Å². The Balaban J connectivity index is 1.90. The van der Waals surface area contributed by atoms with Crippen molar-refractivity contribution in [2.75, 3.05) is 6.54 Å². The summed E-state index contributed by atoms with van der Waals surface area (Å²) in [7, 11) is 0. The van der Waals surface area contributed by atoms with Gasteiger partial charge < -0.3 is 4.42 Å². The molecule has 0 saturated carbocycles. The molecule has 1 amide bonds. The van der Waals surface area contributed by atoms with E-state index >= 15 is 0 Å². The lowest BCUT2D eigenvalue weighted by molar-refractivity contribution is -0.385. The van der Waals surface area contributed by atoms with Gasteiger partial charge in [-0.1, -0.05) is 36.1 Å². The van der Waals surface area contributed by atoms with Gasteiger partial charge in [-0.3, -0.25) is 19.8 Å². The van der Waals surface area contributed by atoms with Crippen LogP contribution in [0.2, 0.25) is 0 Å². The van der Waals surface area contributed by atoms with Gasteiger partial charge in [0.2, 0.25) is 0 Å². The summed E-state index contributed by atoms with van der Waals surface area (Å²) in [6, 6.07) is 8.37. The summed E-state index contributed by atoms with van der Waals surface area (Å²) < 4.78 is 6.26. The molecule has 8 heteroatoms. The van der Waals surface area contributed by atoms with Crippen LogP contribution in [0.25, 0.3) is 17.4 Å². The van der Waals surface area contributed by atoms with E-state index in [4.69, 9.17) is 16.6 Å². The number of nitro benzene ring substituents is 1. The predicted molar refractivity (Wildman–Crippen MR) is 101 cm³/mol. The fraction of sp³-hybridized carbons (Fsp3) is 0.176. The highest BCUT2D eigenvalue weighted by atomic mass is 32.2. The van der Waals surface area contributed by atoms with E-state index in [-0.39, 0.29) is 11.6 Å². The van der Waals surface area contributed by atoms with E-state index in [0.29, 0.717) is 38.4 Å². The monoisotopic (exact) mass is 374 g/mol. The first-order valence-corrected chi connectivity index (χ1v) is 8.73. The Morgan fingerprint density at radius 3 is 2.76 bits per heavy atom. The highest BCUT2D eigenvalue weighted by Gasteiger charge is 2.30. The second-order valence-electron chi connectivity index (χ2n) is 5.39. The van der Waals surface area contributed by atoms with Gasteiger partial charge in [-0.15, -0.1) is 0 Å². The quantitative estimate of drug-likeness (QED) is 0.342. The molecule has 1 aliphatic heterocycles. The van der Waals surface area contributed by atoms with E-state index in [9.17, 15) is 14.9 Å². The number of thioether (sulfide) groups is 1. The third-order valence-electron chi connectivity index (χ3n) is 3.78. The fourth-order valence-electron chi connectivity index (χ4n) is 2.45. The molecule has 1 fully saturated rings. The van der Waals surface area contributed by atoms with Crippen molar-refractivity contribution >= 4 is 46.0 Å². The molecule has 0 aliphatic carbocycles. The Kier molecular flexibility index (Phi) is 4.73. The molecule has 0 unspecified atom stereocenters. The number of carbonyl (C=O) groups is 1. The molecule has 0 radical (unpaired) electrons. The number of likely N-dealkylation sites (N-methyl/N-ethyl adjacent to an activating group) is 1. The molecule has 2 aromatic rings. The molecule has 128 valence electrons. The number of nitro groups is 1. The van der Waals surface area contributed by atoms with Crippen molar-refractivity contribution in [2.24, 2.45) is 0 Å². The van der Waals surface area contributed by atoms with Crippen LogP contribution in [-0.4, -0.2) is 26.6 Å². The molecule has 3 rings (SSSR count). The number of aryl methyl sites for hydroxylation is 1. The van der Waals surface area contributed by atoms with Gasteiger partial charge in [0.05, 0.1) is 9.83 Å². The van der Waals surface area contributed by atoms with E-state index in [0.717, 1.165) is 0 Å².